The molecule has 1 N–H and O–H groups in total. The molecule has 0 aromatic carbocycles. The van der Waals surface area contributed by atoms with Crippen LogP contribution < -0.4 is 5.32 Å². The minimum absolute atomic E-state index is 0.533. The topological polar surface area (TPSA) is 42.7 Å². The molecule has 1 fully saturated rings. The van der Waals surface area contributed by atoms with Crippen molar-refractivity contribution in [1.82, 2.24) is 19.9 Å². The van der Waals surface area contributed by atoms with Crippen LogP contribution in [0.4, 0.5) is 0 Å². The first-order valence-corrected chi connectivity index (χ1v) is 6.80. The molecule has 0 aliphatic heterocycles. The van der Waals surface area contributed by atoms with Gasteiger partial charge in [0.15, 0.2) is 0 Å². The minimum atomic E-state index is 0.533. The predicted molar refractivity (Wildman–Crippen MR) is 72.6 cm³/mol. The summed E-state index contributed by atoms with van der Waals surface area (Å²) in [5.41, 5.74) is 2.27. The molecule has 1 aliphatic rings. The van der Waals surface area contributed by atoms with Gasteiger partial charge in [0, 0.05) is 31.2 Å². The van der Waals surface area contributed by atoms with Gasteiger partial charge in [0.25, 0.3) is 0 Å². The molecule has 0 amide bonds. The van der Waals surface area contributed by atoms with Gasteiger partial charge in [-0.15, -0.1) is 0 Å². The molecule has 0 saturated heterocycles. The van der Waals surface area contributed by atoms with Gasteiger partial charge in [0.2, 0.25) is 0 Å². The van der Waals surface area contributed by atoms with E-state index in [-0.39, 0.29) is 0 Å². The largest absolute Gasteiger partial charge is 0.325 e. The van der Waals surface area contributed by atoms with Gasteiger partial charge < -0.3 is 9.88 Å². The first kappa shape index (κ1) is 11.7. The van der Waals surface area contributed by atoms with Crippen molar-refractivity contribution in [3.05, 3.63) is 24.3 Å². The van der Waals surface area contributed by atoms with Gasteiger partial charge in [-0.3, -0.25) is 4.98 Å². The predicted octanol–water partition coefficient (Wildman–Crippen LogP) is 2.31. The molecule has 2 aromatic rings. The first-order chi connectivity index (χ1) is 8.75. The summed E-state index contributed by atoms with van der Waals surface area (Å²) in [7, 11) is 0. The third-order valence-corrected chi connectivity index (χ3v) is 3.38. The average molecular weight is 244 g/mol. The fraction of sp³-hybridized carbons (Fsp3) is 0.571. The van der Waals surface area contributed by atoms with Gasteiger partial charge in [-0.2, -0.15) is 0 Å². The lowest BCUT2D eigenvalue weighted by atomic mass is 10.3. The fourth-order valence-electron chi connectivity index (χ4n) is 2.39. The number of pyridine rings is 1. The zero-order valence-corrected chi connectivity index (χ0v) is 11.1. The highest BCUT2D eigenvalue weighted by molar-refractivity contribution is 5.75. The highest BCUT2D eigenvalue weighted by Gasteiger charge is 2.27. The van der Waals surface area contributed by atoms with Crippen LogP contribution in [0.5, 0.6) is 0 Å². The summed E-state index contributed by atoms with van der Waals surface area (Å²) in [6.45, 7) is 5.34. The summed E-state index contributed by atoms with van der Waals surface area (Å²) >= 11 is 0. The molecule has 96 valence electrons. The highest BCUT2D eigenvalue weighted by Crippen LogP contribution is 2.38. The monoisotopic (exact) mass is 244 g/mol. The second kappa shape index (κ2) is 4.69. The maximum Gasteiger partial charge on any atom is 0.111 e. The summed E-state index contributed by atoms with van der Waals surface area (Å²) in [4.78, 5) is 8.90. The molecule has 4 nitrogen and oxygen atoms in total. The number of rotatable bonds is 5. The quantitative estimate of drug-likeness (QED) is 0.877. The van der Waals surface area contributed by atoms with Crippen LogP contribution in [0.1, 0.15) is 38.6 Å². The molecule has 0 radical (unpaired) electrons. The summed E-state index contributed by atoms with van der Waals surface area (Å²) in [5, 5.41) is 3.46. The SMILES string of the molecule is CC(C)NCCc1nc2cnccc2n1C1CC1. The van der Waals surface area contributed by atoms with Crippen LogP contribution in [0, 0.1) is 0 Å². The number of aromatic nitrogens is 3. The number of hydrogen-bond acceptors (Lipinski definition) is 3. The Morgan fingerprint density at radius 1 is 1.44 bits per heavy atom. The van der Waals surface area contributed by atoms with E-state index in [1.54, 1.807) is 0 Å². The standard InChI is InChI=1S/C14H20N4/c1-10(2)16-8-6-14-17-12-9-15-7-5-13(12)18(14)11-3-4-11/h5,7,9-11,16H,3-4,6,8H2,1-2H3. The molecule has 1 aliphatic carbocycles. The highest BCUT2D eigenvalue weighted by atomic mass is 15.1. The average Bonchev–Trinajstić information content (AvgIpc) is 3.10. The Morgan fingerprint density at radius 3 is 3.00 bits per heavy atom. The third kappa shape index (κ3) is 2.25. The van der Waals surface area contributed by atoms with Gasteiger partial charge in [-0.1, -0.05) is 13.8 Å². The van der Waals surface area contributed by atoms with Crippen molar-refractivity contribution < 1.29 is 0 Å². The Balaban J connectivity index is 1.88. The molecule has 0 spiro atoms. The molecule has 3 rings (SSSR count). The van der Waals surface area contributed by atoms with Crippen molar-refractivity contribution in [2.75, 3.05) is 6.54 Å². The van der Waals surface area contributed by atoms with E-state index in [1.165, 1.54) is 24.2 Å². The van der Waals surface area contributed by atoms with Gasteiger partial charge in [0.1, 0.15) is 11.3 Å². The normalized spacial score (nSPS) is 15.7. The van der Waals surface area contributed by atoms with E-state index in [1.807, 2.05) is 12.4 Å². The number of fused-ring (bicyclic) bond motifs is 1. The van der Waals surface area contributed by atoms with Gasteiger partial charge >= 0.3 is 0 Å². The second-order valence-electron chi connectivity index (χ2n) is 5.35. The molecule has 4 heteroatoms. The van der Waals surface area contributed by atoms with Crippen LogP contribution in [0.25, 0.3) is 11.0 Å². The van der Waals surface area contributed by atoms with E-state index in [0.717, 1.165) is 18.5 Å². The van der Waals surface area contributed by atoms with E-state index in [9.17, 15) is 0 Å². The molecular formula is C14H20N4. The zero-order chi connectivity index (χ0) is 12.5. The summed E-state index contributed by atoms with van der Waals surface area (Å²) in [5.74, 6) is 1.20. The molecule has 1 saturated carbocycles. The van der Waals surface area contributed by atoms with Gasteiger partial charge in [-0.25, -0.2) is 4.98 Å². The van der Waals surface area contributed by atoms with Crippen LogP contribution in [-0.2, 0) is 6.42 Å². The molecule has 0 atom stereocenters. The molecular weight excluding hydrogens is 224 g/mol. The minimum Gasteiger partial charge on any atom is -0.325 e. The van der Waals surface area contributed by atoms with E-state index >= 15 is 0 Å². The number of nitrogens with zero attached hydrogens (tertiary/aromatic N) is 3. The Labute approximate surface area is 107 Å². The number of hydrogen-bond donors (Lipinski definition) is 1. The van der Waals surface area contributed by atoms with Crippen LogP contribution in [-0.4, -0.2) is 27.1 Å². The molecule has 2 heterocycles. The summed E-state index contributed by atoms with van der Waals surface area (Å²) < 4.78 is 2.42. The van der Waals surface area contributed by atoms with E-state index in [2.05, 4.69) is 34.8 Å². The first-order valence-electron chi connectivity index (χ1n) is 6.80. The van der Waals surface area contributed by atoms with Gasteiger partial charge in [0.05, 0.1) is 11.7 Å². The molecule has 18 heavy (non-hydrogen) atoms. The molecule has 0 bridgehead atoms. The van der Waals surface area contributed by atoms with Crippen LogP contribution >= 0.6 is 0 Å². The summed E-state index contributed by atoms with van der Waals surface area (Å²) in [6.07, 6.45) is 7.30. The lowest BCUT2D eigenvalue weighted by Crippen LogP contribution is -2.25. The Bertz CT molecular complexity index is 540. The second-order valence-corrected chi connectivity index (χ2v) is 5.35. The number of nitrogens with one attached hydrogen (secondary N) is 1. The lowest BCUT2D eigenvalue weighted by molar-refractivity contribution is 0.571. The molecule has 2 aromatic heterocycles. The Morgan fingerprint density at radius 2 is 2.28 bits per heavy atom. The van der Waals surface area contributed by atoms with E-state index in [0.29, 0.717) is 12.1 Å². The van der Waals surface area contributed by atoms with E-state index in [4.69, 9.17) is 4.98 Å². The Hall–Kier alpha value is -1.42. The van der Waals surface area contributed by atoms with Crippen molar-refractivity contribution in [1.29, 1.82) is 0 Å². The van der Waals surface area contributed by atoms with Gasteiger partial charge in [-0.05, 0) is 18.9 Å². The van der Waals surface area contributed by atoms with E-state index < -0.39 is 0 Å². The third-order valence-electron chi connectivity index (χ3n) is 3.38. The Kier molecular flexibility index (Phi) is 3.04. The fourth-order valence-corrected chi connectivity index (χ4v) is 2.39. The maximum absolute atomic E-state index is 4.73. The number of imidazole rings is 1. The smallest absolute Gasteiger partial charge is 0.111 e. The summed E-state index contributed by atoms with van der Waals surface area (Å²) in [6, 6.07) is 3.29. The van der Waals surface area contributed by atoms with Crippen molar-refractivity contribution in [3.63, 3.8) is 0 Å². The maximum atomic E-state index is 4.73. The van der Waals surface area contributed by atoms with Crippen molar-refractivity contribution in [3.8, 4) is 0 Å². The van der Waals surface area contributed by atoms with Crippen LogP contribution in [0.2, 0.25) is 0 Å². The molecule has 0 unspecified atom stereocenters. The van der Waals surface area contributed by atoms with Crippen molar-refractivity contribution in [2.45, 2.75) is 45.2 Å². The van der Waals surface area contributed by atoms with Crippen LogP contribution in [0.15, 0.2) is 18.5 Å². The van der Waals surface area contributed by atoms with Crippen molar-refractivity contribution >= 4 is 11.0 Å². The van der Waals surface area contributed by atoms with Crippen LogP contribution in [0.3, 0.4) is 0 Å². The lowest BCUT2D eigenvalue weighted by Gasteiger charge is -2.10. The van der Waals surface area contributed by atoms with Crippen molar-refractivity contribution in [2.24, 2.45) is 0 Å². The zero-order valence-electron chi connectivity index (χ0n) is 11.1.